The van der Waals surface area contributed by atoms with E-state index < -0.39 is 0 Å². The molecule has 21 heavy (non-hydrogen) atoms. The maximum Gasteiger partial charge on any atom is 0.253 e. The first-order valence-electron chi connectivity index (χ1n) is 6.55. The van der Waals surface area contributed by atoms with Crippen LogP contribution in [-0.4, -0.2) is 38.1 Å². The third kappa shape index (κ3) is 4.52. The summed E-state index contributed by atoms with van der Waals surface area (Å²) in [6.07, 6.45) is 0. The molecule has 0 bridgehead atoms. The largest absolute Gasteiger partial charge is 0.495 e. The molecule has 1 aromatic carbocycles. The van der Waals surface area contributed by atoms with Gasteiger partial charge in [-0.1, -0.05) is 11.8 Å². The molecule has 0 fully saturated rings. The molecular weight excluding hydrogens is 266 g/mol. The van der Waals surface area contributed by atoms with Gasteiger partial charge < -0.3 is 15.4 Å². The summed E-state index contributed by atoms with van der Waals surface area (Å²) < 4.78 is 5.21. The Morgan fingerprint density at radius 3 is 2.81 bits per heavy atom. The van der Waals surface area contributed by atoms with Crippen LogP contribution in [0.3, 0.4) is 0 Å². The minimum atomic E-state index is -0.214. The average molecular weight is 285 g/mol. The molecule has 0 spiro atoms. The van der Waals surface area contributed by atoms with E-state index in [9.17, 15) is 4.79 Å². The van der Waals surface area contributed by atoms with Gasteiger partial charge >= 0.3 is 0 Å². The first kappa shape index (κ1) is 16.6. The molecular formula is C16H19N3O2. The number of hydrogen-bond acceptors (Lipinski definition) is 4. The SMILES string of the molecule is COc1ccc(C(=O)N(C)CC(C)C#N)cc1C#CCN. The fourth-order valence-electron chi connectivity index (χ4n) is 1.84. The van der Waals surface area contributed by atoms with Crippen molar-refractivity contribution in [2.75, 3.05) is 27.2 Å². The fraction of sp³-hybridized carbons (Fsp3) is 0.375. The van der Waals surface area contributed by atoms with Crippen LogP contribution in [0.15, 0.2) is 18.2 Å². The van der Waals surface area contributed by atoms with E-state index >= 15 is 0 Å². The summed E-state index contributed by atoms with van der Waals surface area (Å²) in [5.41, 5.74) is 6.49. The standard InChI is InChI=1S/C16H19N3O2/c1-12(10-18)11-19(2)16(20)14-6-7-15(21-3)13(9-14)5-4-8-17/h6-7,9,12H,8,11,17H2,1-3H3. The zero-order valence-electron chi connectivity index (χ0n) is 12.5. The quantitative estimate of drug-likeness (QED) is 0.844. The molecule has 5 nitrogen and oxygen atoms in total. The van der Waals surface area contributed by atoms with Crippen molar-refractivity contribution in [1.29, 1.82) is 5.26 Å². The van der Waals surface area contributed by atoms with E-state index in [1.54, 1.807) is 39.3 Å². The molecule has 0 aliphatic heterocycles. The number of carbonyl (C=O) groups excluding carboxylic acids is 1. The van der Waals surface area contributed by atoms with Crippen molar-refractivity contribution < 1.29 is 9.53 Å². The van der Waals surface area contributed by atoms with Gasteiger partial charge in [-0.05, 0) is 25.1 Å². The normalized spacial score (nSPS) is 10.8. The van der Waals surface area contributed by atoms with Crippen molar-refractivity contribution in [3.05, 3.63) is 29.3 Å². The zero-order chi connectivity index (χ0) is 15.8. The summed E-state index contributed by atoms with van der Waals surface area (Å²) in [5.74, 6) is 5.86. The topological polar surface area (TPSA) is 79.3 Å². The van der Waals surface area contributed by atoms with Gasteiger partial charge in [0.15, 0.2) is 0 Å². The van der Waals surface area contributed by atoms with Gasteiger partial charge in [0.2, 0.25) is 0 Å². The van der Waals surface area contributed by atoms with Crippen LogP contribution in [0.4, 0.5) is 0 Å². The fourth-order valence-corrected chi connectivity index (χ4v) is 1.84. The smallest absolute Gasteiger partial charge is 0.253 e. The molecule has 1 rings (SSSR count). The van der Waals surface area contributed by atoms with E-state index in [1.165, 1.54) is 4.90 Å². The van der Waals surface area contributed by atoms with Gasteiger partial charge in [0.25, 0.3) is 5.91 Å². The van der Waals surface area contributed by atoms with Gasteiger partial charge in [-0.25, -0.2) is 0 Å². The molecule has 0 aliphatic rings. The van der Waals surface area contributed by atoms with Crippen LogP contribution in [-0.2, 0) is 0 Å². The van der Waals surface area contributed by atoms with Gasteiger partial charge in [-0.3, -0.25) is 4.79 Å². The molecule has 0 heterocycles. The minimum absolute atomic E-state index is 0.157. The molecule has 0 saturated heterocycles. The number of nitrogens with two attached hydrogens (primary N) is 1. The summed E-state index contributed by atoms with van der Waals surface area (Å²) in [5, 5.41) is 8.81. The number of carbonyl (C=O) groups is 1. The predicted molar refractivity (Wildman–Crippen MR) is 80.7 cm³/mol. The molecule has 0 saturated carbocycles. The van der Waals surface area contributed by atoms with Gasteiger partial charge in [0.05, 0.1) is 31.2 Å². The number of hydrogen-bond donors (Lipinski definition) is 1. The highest BCUT2D eigenvalue weighted by Crippen LogP contribution is 2.19. The Labute approximate surface area is 125 Å². The average Bonchev–Trinajstić information content (AvgIpc) is 2.51. The van der Waals surface area contributed by atoms with Gasteiger partial charge in [0.1, 0.15) is 5.75 Å². The monoisotopic (exact) mass is 285 g/mol. The number of nitrogens with zero attached hydrogens (tertiary/aromatic N) is 2. The van der Waals surface area contributed by atoms with Crippen LogP contribution in [0.2, 0.25) is 0 Å². The molecule has 1 amide bonds. The molecule has 0 aromatic heterocycles. The van der Waals surface area contributed by atoms with E-state index in [0.717, 1.165) is 0 Å². The second-order valence-corrected chi connectivity index (χ2v) is 4.64. The van der Waals surface area contributed by atoms with Crippen molar-refractivity contribution >= 4 is 5.91 Å². The summed E-state index contributed by atoms with van der Waals surface area (Å²) >= 11 is 0. The molecule has 1 atom stereocenters. The molecule has 0 aliphatic carbocycles. The molecule has 1 unspecified atom stereocenters. The van der Waals surface area contributed by atoms with E-state index in [4.69, 9.17) is 15.7 Å². The number of nitriles is 1. The number of ether oxygens (including phenoxy) is 1. The second kappa shape index (κ2) is 7.94. The van der Waals surface area contributed by atoms with Crippen LogP contribution in [0.1, 0.15) is 22.8 Å². The highest BCUT2D eigenvalue weighted by molar-refractivity contribution is 5.94. The Morgan fingerprint density at radius 2 is 2.24 bits per heavy atom. The van der Waals surface area contributed by atoms with Crippen molar-refractivity contribution in [2.45, 2.75) is 6.92 Å². The third-order valence-electron chi connectivity index (χ3n) is 2.89. The lowest BCUT2D eigenvalue weighted by Crippen LogP contribution is -2.30. The minimum Gasteiger partial charge on any atom is -0.495 e. The van der Waals surface area contributed by atoms with Gasteiger partial charge in [-0.15, -0.1) is 0 Å². The van der Waals surface area contributed by atoms with E-state index in [-0.39, 0.29) is 18.4 Å². The number of benzene rings is 1. The molecule has 2 N–H and O–H groups in total. The van der Waals surface area contributed by atoms with Crippen molar-refractivity contribution in [3.8, 4) is 23.7 Å². The van der Waals surface area contributed by atoms with Crippen LogP contribution in [0.25, 0.3) is 0 Å². The predicted octanol–water partition coefficient (Wildman–Crippen LogP) is 1.24. The Bertz CT molecular complexity index is 608. The van der Waals surface area contributed by atoms with E-state index in [2.05, 4.69) is 17.9 Å². The molecule has 5 heteroatoms. The maximum atomic E-state index is 12.3. The molecule has 1 aromatic rings. The number of methoxy groups -OCH3 is 1. The summed E-state index contributed by atoms with van der Waals surface area (Å²) in [6, 6.07) is 7.17. The van der Waals surface area contributed by atoms with Crippen LogP contribution in [0.5, 0.6) is 5.75 Å². The van der Waals surface area contributed by atoms with Gasteiger partial charge in [0, 0.05) is 19.2 Å². The first-order valence-corrected chi connectivity index (χ1v) is 6.55. The van der Waals surface area contributed by atoms with E-state index in [0.29, 0.717) is 23.4 Å². The number of rotatable bonds is 4. The Morgan fingerprint density at radius 1 is 1.52 bits per heavy atom. The summed E-state index contributed by atoms with van der Waals surface area (Å²) in [4.78, 5) is 13.8. The lowest BCUT2D eigenvalue weighted by atomic mass is 10.1. The summed E-state index contributed by atoms with van der Waals surface area (Å²) in [6.45, 7) is 2.39. The zero-order valence-corrected chi connectivity index (χ0v) is 12.5. The lowest BCUT2D eigenvalue weighted by Gasteiger charge is -2.18. The molecule has 110 valence electrons. The van der Waals surface area contributed by atoms with Crippen LogP contribution in [0, 0.1) is 29.1 Å². The Kier molecular flexibility index (Phi) is 6.26. The van der Waals surface area contributed by atoms with Gasteiger partial charge in [-0.2, -0.15) is 5.26 Å². The highest BCUT2D eigenvalue weighted by Gasteiger charge is 2.15. The Balaban J connectivity index is 3.03. The van der Waals surface area contributed by atoms with Crippen LogP contribution >= 0.6 is 0 Å². The first-order chi connectivity index (χ1) is 10.0. The maximum absolute atomic E-state index is 12.3. The van der Waals surface area contributed by atoms with Crippen molar-refractivity contribution in [1.82, 2.24) is 4.90 Å². The second-order valence-electron chi connectivity index (χ2n) is 4.64. The highest BCUT2D eigenvalue weighted by atomic mass is 16.5. The summed E-state index contributed by atoms with van der Waals surface area (Å²) in [7, 11) is 3.22. The number of amides is 1. The van der Waals surface area contributed by atoms with Crippen LogP contribution < -0.4 is 10.5 Å². The van der Waals surface area contributed by atoms with Crippen molar-refractivity contribution in [3.63, 3.8) is 0 Å². The van der Waals surface area contributed by atoms with Crippen molar-refractivity contribution in [2.24, 2.45) is 11.7 Å². The lowest BCUT2D eigenvalue weighted by molar-refractivity contribution is 0.0785. The molecule has 0 radical (unpaired) electrons. The van der Waals surface area contributed by atoms with E-state index in [1.807, 2.05) is 0 Å². The Hall–Kier alpha value is -2.50. The third-order valence-corrected chi connectivity index (χ3v) is 2.89.